The Bertz CT molecular complexity index is 415. The van der Waals surface area contributed by atoms with Crippen LogP contribution in [0.1, 0.15) is 39.5 Å². The summed E-state index contributed by atoms with van der Waals surface area (Å²) in [6.07, 6.45) is 7.57. The lowest BCUT2D eigenvalue weighted by Gasteiger charge is -2.16. The fraction of sp³-hybridized carbons (Fsp3) is 0.733. The van der Waals surface area contributed by atoms with E-state index >= 15 is 0 Å². The largest absolute Gasteiger partial charge is 0.475 e. The average Bonchev–Trinajstić information content (AvgIpc) is 3.24. The molecule has 0 aliphatic heterocycles. The van der Waals surface area contributed by atoms with Crippen molar-refractivity contribution < 1.29 is 4.74 Å². The van der Waals surface area contributed by atoms with Crippen LogP contribution in [0.3, 0.4) is 0 Å². The van der Waals surface area contributed by atoms with Gasteiger partial charge in [-0.1, -0.05) is 0 Å². The van der Waals surface area contributed by atoms with E-state index in [9.17, 15) is 0 Å². The van der Waals surface area contributed by atoms with Crippen LogP contribution in [0.2, 0.25) is 0 Å². The summed E-state index contributed by atoms with van der Waals surface area (Å²) in [5.74, 6) is 4.09. The number of aromatic nitrogens is 2. The van der Waals surface area contributed by atoms with Crippen molar-refractivity contribution in [2.45, 2.75) is 45.6 Å². The van der Waals surface area contributed by atoms with E-state index in [1.165, 1.54) is 25.7 Å². The summed E-state index contributed by atoms with van der Waals surface area (Å²) in [6, 6.07) is 1.81. The molecule has 0 amide bonds. The minimum absolute atomic E-state index is 0.147. The van der Waals surface area contributed by atoms with Gasteiger partial charge in [-0.15, -0.1) is 0 Å². The monoisotopic (exact) mass is 261 g/mol. The molecule has 2 aliphatic rings. The van der Waals surface area contributed by atoms with Crippen molar-refractivity contribution in [3.8, 4) is 5.88 Å². The third-order valence-electron chi connectivity index (χ3n) is 3.94. The fourth-order valence-electron chi connectivity index (χ4n) is 2.71. The van der Waals surface area contributed by atoms with Gasteiger partial charge in [0.15, 0.2) is 0 Å². The number of nitrogens with zero attached hydrogens (tertiary/aromatic N) is 2. The van der Waals surface area contributed by atoms with E-state index in [2.05, 4.69) is 15.3 Å². The van der Waals surface area contributed by atoms with Crippen LogP contribution in [0.25, 0.3) is 0 Å². The summed E-state index contributed by atoms with van der Waals surface area (Å²) in [7, 11) is 0. The Balaban J connectivity index is 1.56. The zero-order valence-electron chi connectivity index (χ0n) is 11.8. The van der Waals surface area contributed by atoms with Crippen LogP contribution >= 0.6 is 0 Å². The number of ether oxygens (including phenoxy) is 1. The zero-order chi connectivity index (χ0) is 13.2. The Kier molecular flexibility index (Phi) is 3.58. The van der Waals surface area contributed by atoms with Crippen molar-refractivity contribution in [3.05, 3.63) is 12.3 Å². The molecule has 1 heterocycles. The van der Waals surface area contributed by atoms with Crippen LogP contribution in [0.5, 0.6) is 5.88 Å². The predicted molar refractivity (Wildman–Crippen MR) is 75.2 cm³/mol. The van der Waals surface area contributed by atoms with E-state index in [-0.39, 0.29) is 6.10 Å². The lowest BCUT2D eigenvalue weighted by atomic mass is 9.98. The Morgan fingerprint density at radius 1 is 1.26 bits per heavy atom. The maximum atomic E-state index is 5.59. The van der Waals surface area contributed by atoms with Crippen LogP contribution in [-0.2, 0) is 0 Å². The Morgan fingerprint density at radius 2 is 1.95 bits per heavy atom. The fourth-order valence-corrected chi connectivity index (χ4v) is 2.71. The molecular formula is C15H23N3O. The lowest BCUT2D eigenvalue weighted by molar-refractivity contribution is 0.232. The summed E-state index contributed by atoms with van der Waals surface area (Å²) >= 11 is 0. The van der Waals surface area contributed by atoms with Gasteiger partial charge in [-0.05, 0) is 57.3 Å². The Labute approximate surface area is 115 Å². The molecule has 2 saturated carbocycles. The standard InChI is InChI=1S/C15H23N3O/c1-10(2)19-14-7-8-16-15(18-14)17-9-13(11-3-4-11)12-5-6-12/h7-8,10-13H,3-6,9H2,1-2H3,(H,16,17,18). The molecule has 1 aromatic rings. The summed E-state index contributed by atoms with van der Waals surface area (Å²) < 4.78 is 5.59. The topological polar surface area (TPSA) is 47.0 Å². The molecule has 0 radical (unpaired) electrons. The van der Waals surface area contributed by atoms with E-state index in [1.54, 1.807) is 6.20 Å². The van der Waals surface area contributed by atoms with Crippen LogP contribution in [0.4, 0.5) is 5.95 Å². The van der Waals surface area contributed by atoms with Gasteiger partial charge in [0.25, 0.3) is 0 Å². The highest BCUT2D eigenvalue weighted by Crippen LogP contribution is 2.49. The highest BCUT2D eigenvalue weighted by atomic mass is 16.5. The molecule has 0 atom stereocenters. The maximum Gasteiger partial charge on any atom is 0.225 e. The number of rotatable bonds is 7. The van der Waals surface area contributed by atoms with E-state index in [0.717, 1.165) is 24.3 Å². The number of anilines is 1. The quantitative estimate of drug-likeness (QED) is 0.819. The third-order valence-corrected chi connectivity index (χ3v) is 3.94. The molecule has 2 fully saturated rings. The van der Waals surface area contributed by atoms with Gasteiger partial charge in [0, 0.05) is 18.8 Å². The van der Waals surface area contributed by atoms with Crippen LogP contribution in [-0.4, -0.2) is 22.6 Å². The van der Waals surface area contributed by atoms with Crippen LogP contribution in [0, 0.1) is 17.8 Å². The average molecular weight is 261 g/mol. The van der Waals surface area contributed by atoms with E-state index < -0.39 is 0 Å². The van der Waals surface area contributed by atoms with Gasteiger partial charge in [0.2, 0.25) is 11.8 Å². The van der Waals surface area contributed by atoms with E-state index in [1.807, 2.05) is 19.9 Å². The van der Waals surface area contributed by atoms with Crippen molar-refractivity contribution in [3.63, 3.8) is 0 Å². The number of hydrogen-bond acceptors (Lipinski definition) is 4. The first kappa shape index (κ1) is 12.7. The van der Waals surface area contributed by atoms with Gasteiger partial charge in [0.1, 0.15) is 0 Å². The molecule has 1 aromatic heterocycles. The first-order valence-electron chi connectivity index (χ1n) is 7.46. The van der Waals surface area contributed by atoms with Crippen molar-refractivity contribution in [1.82, 2.24) is 9.97 Å². The molecule has 0 spiro atoms. The van der Waals surface area contributed by atoms with Gasteiger partial charge in [-0.25, -0.2) is 4.98 Å². The third kappa shape index (κ3) is 3.58. The first-order chi connectivity index (χ1) is 9.22. The lowest BCUT2D eigenvalue weighted by Crippen LogP contribution is -2.19. The first-order valence-corrected chi connectivity index (χ1v) is 7.46. The second kappa shape index (κ2) is 5.35. The minimum atomic E-state index is 0.147. The second-order valence-corrected chi connectivity index (χ2v) is 6.10. The molecule has 4 nitrogen and oxygen atoms in total. The molecule has 104 valence electrons. The maximum absolute atomic E-state index is 5.59. The summed E-state index contributed by atoms with van der Waals surface area (Å²) in [5, 5.41) is 3.40. The predicted octanol–water partition coefficient (Wildman–Crippen LogP) is 3.11. The van der Waals surface area contributed by atoms with Gasteiger partial charge >= 0.3 is 0 Å². The highest BCUT2D eigenvalue weighted by molar-refractivity contribution is 5.27. The molecule has 0 unspecified atom stereocenters. The number of nitrogens with one attached hydrogen (secondary N) is 1. The van der Waals surface area contributed by atoms with Gasteiger partial charge < -0.3 is 10.1 Å². The van der Waals surface area contributed by atoms with Crippen molar-refractivity contribution >= 4 is 5.95 Å². The molecule has 0 bridgehead atoms. The molecule has 1 N–H and O–H groups in total. The summed E-state index contributed by atoms with van der Waals surface area (Å²) in [5.41, 5.74) is 0. The molecule has 0 aromatic carbocycles. The van der Waals surface area contributed by atoms with Gasteiger partial charge in [-0.2, -0.15) is 4.98 Å². The Morgan fingerprint density at radius 3 is 2.53 bits per heavy atom. The van der Waals surface area contributed by atoms with E-state index in [0.29, 0.717) is 11.8 Å². The highest BCUT2D eigenvalue weighted by Gasteiger charge is 2.41. The molecule has 19 heavy (non-hydrogen) atoms. The molecular weight excluding hydrogens is 238 g/mol. The molecule has 3 rings (SSSR count). The van der Waals surface area contributed by atoms with E-state index in [4.69, 9.17) is 4.74 Å². The number of hydrogen-bond donors (Lipinski definition) is 1. The van der Waals surface area contributed by atoms with Crippen molar-refractivity contribution in [2.24, 2.45) is 17.8 Å². The van der Waals surface area contributed by atoms with Gasteiger partial charge in [0.05, 0.1) is 6.10 Å². The van der Waals surface area contributed by atoms with Crippen LogP contribution < -0.4 is 10.1 Å². The molecule has 2 aliphatic carbocycles. The van der Waals surface area contributed by atoms with Crippen molar-refractivity contribution in [2.75, 3.05) is 11.9 Å². The minimum Gasteiger partial charge on any atom is -0.475 e. The zero-order valence-corrected chi connectivity index (χ0v) is 11.8. The summed E-state index contributed by atoms with van der Waals surface area (Å²) in [6.45, 7) is 5.03. The molecule has 0 saturated heterocycles. The second-order valence-electron chi connectivity index (χ2n) is 6.10. The smallest absolute Gasteiger partial charge is 0.225 e. The van der Waals surface area contributed by atoms with Crippen molar-refractivity contribution in [1.29, 1.82) is 0 Å². The normalized spacial score (nSPS) is 18.9. The Hall–Kier alpha value is -1.32. The van der Waals surface area contributed by atoms with Gasteiger partial charge in [-0.3, -0.25) is 0 Å². The molecule has 4 heteroatoms. The summed E-state index contributed by atoms with van der Waals surface area (Å²) in [4.78, 5) is 8.68. The SMILES string of the molecule is CC(C)Oc1ccnc(NCC(C2CC2)C2CC2)n1. The van der Waals surface area contributed by atoms with Crippen LogP contribution in [0.15, 0.2) is 12.3 Å².